The Morgan fingerprint density at radius 2 is 1.73 bits per heavy atom. The number of hydrogen-bond acceptors (Lipinski definition) is 4. The van der Waals surface area contributed by atoms with Crippen LogP contribution in [0.1, 0.15) is 38.8 Å². The molecule has 30 heavy (non-hydrogen) atoms. The van der Waals surface area contributed by atoms with Crippen LogP contribution in [-0.2, 0) is 14.4 Å². The van der Waals surface area contributed by atoms with E-state index in [-0.39, 0.29) is 5.91 Å². The molecule has 0 aliphatic rings. The lowest BCUT2D eigenvalue weighted by Crippen LogP contribution is -2.54. The normalized spacial score (nSPS) is 13.0. The molecule has 2 atom stereocenters. The predicted molar refractivity (Wildman–Crippen MR) is 111 cm³/mol. The fourth-order valence-corrected chi connectivity index (χ4v) is 3.07. The van der Waals surface area contributed by atoms with Crippen LogP contribution in [0.3, 0.4) is 0 Å². The lowest BCUT2D eigenvalue weighted by atomic mass is 9.86. The SMILES string of the molecule is CNC(=O)[C@@H](NC(=O)[C@@H](CC(=O)O)n1ccc(-c2ccc(C#N)cc2)c1)C(C)(C)C. The fourth-order valence-electron chi connectivity index (χ4n) is 3.07. The van der Waals surface area contributed by atoms with Gasteiger partial charge in [0.05, 0.1) is 18.1 Å². The molecule has 1 aromatic heterocycles. The van der Waals surface area contributed by atoms with E-state index in [1.165, 1.54) is 11.6 Å². The number of nitrogens with one attached hydrogen (secondary N) is 2. The van der Waals surface area contributed by atoms with Gasteiger partial charge in [0, 0.05) is 19.4 Å². The number of aromatic nitrogens is 1. The smallest absolute Gasteiger partial charge is 0.306 e. The van der Waals surface area contributed by atoms with Crippen molar-refractivity contribution in [3.05, 3.63) is 48.3 Å². The summed E-state index contributed by atoms with van der Waals surface area (Å²) in [5.74, 6) is -2.03. The molecular weight excluding hydrogens is 384 g/mol. The monoisotopic (exact) mass is 410 g/mol. The van der Waals surface area contributed by atoms with Crippen LogP contribution in [0, 0.1) is 16.7 Å². The highest BCUT2D eigenvalue weighted by Crippen LogP contribution is 2.25. The number of carboxylic acid groups (broad SMARTS) is 1. The van der Waals surface area contributed by atoms with Crippen molar-refractivity contribution < 1.29 is 19.5 Å². The van der Waals surface area contributed by atoms with Gasteiger partial charge in [0.15, 0.2) is 0 Å². The molecular formula is C22H26N4O4. The van der Waals surface area contributed by atoms with Gasteiger partial charge < -0.3 is 20.3 Å². The Balaban J connectivity index is 2.32. The van der Waals surface area contributed by atoms with Gasteiger partial charge in [0.25, 0.3) is 0 Å². The minimum atomic E-state index is -1.13. The lowest BCUT2D eigenvalue weighted by Gasteiger charge is -2.31. The van der Waals surface area contributed by atoms with Gasteiger partial charge in [-0.3, -0.25) is 14.4 Å². The molecule has 8 nitrogen and oxygen atoms in total. The summed E-state index contributed by atoms with van der Waals surface area (Å²) < 4.78 is 1.53. The molecule has 0 bridgehead atoms. The second kappa shape index (κ2) is 9.27. The minimum Gasteiger partial charge on any atom is -0.481 e. The first kappa shape index (κ1) is 22.7. The van der Waals surface area contributed by atoms with Crippen molar-refractivity contribution in [1.29, 1.82) is 5.26 Å². The summed E-state index contributed by atoms with van der Waals surface area (Å²) in [6.45, 7) is 5.45. The zero-order valence-corrected chi connectivity index (χ0v) is 17.5. The van der Waals surface area contributed by atoms with Gasteiger partial charge in [0.2, 0.25) is 11.8 Å². The number of benzene rings is 1. The molecule has 0 fully saturated rings. The third-order valence-electron chi connectivity index (χ3n) is 4.75. The maximum absolute atomic E-state index is 13.0. The molecule has 1 heterocycles. The first-order valence-corrected chi connectivity index (χ1v) is 9.48. The number of carbonyl (C=O) groups is 3. The van der Waals surface area contributed by atoms with Crippen molar-refractivity contribution in [2.24, 2.45) is 5.41 Å². The molecule has 8 heteroatoms. The number of carboxylic acids is 1. The summed E-state index contributed by atoms with van der Waals surface area (Å²) in [4.78, 5) is 36.6. The Hall–Kier alpha value is -3.60. The Morgan fingerprint density at radius 3 is 2.23 bits per heavy atom. The second-order valence-corrected chi connectivity index (χ2v) is 8.07. The van der Waals surface area contributed by atoms with E-state index in [2.05, 4.69) is 16.7 Å². The summed E-state index contributed by atoms with van der Waals surface area (Å²) in [6, 6.07) is 8.92. The number of amides is 2. The van der Waals surface area contributed by atoms with Gasteiger partial charge in [-0.2, -0.15) is 5.26 Å². The third-order valence-corrected chi connectivity index (χ3v) is 4.75. The summed E-state index contributed by atoms with van der Waals surface area (Å²) in [6.07, 6.45) is 2.88. The Morgan fingerprint density at radius 1 is 1.10 bits per heavy atom. The van der Waals surface area contributed by atoms with Gasteiger partial charge in [-0.1, -0.05) is 32.9 Å². The average molecular weight is 410 g/mol. The molecule has 0 spiro atoms. The highest BCUT2D eigenvalue weighted by Gasteiger charge is 2.35. The molecule has 2 rings (SSSR count). The van der Waals surface area contributed by atoms with Crippen LogP contribution in [0.25, 0.3) is 11.1 Å². The molecule has 1 aromatic carbocycles. The van der Waals surface area contributed by atoms with Gasteiger partial charge in [-0.15, -0.1) is 0 Å². The summed E-state index contributed by atoms with van der Waals surface area (Å²) >= 11 is 0. The highest BCUT2D eigenvalue weighted by molar-refractivity contribution is 5.91. The molecule has 3 N–H and O–H groups in total. The molecule has 0 aliphatic carbocycles. The Kier molecular flexibility index (Phi) is 7.01. The van der Waals surface area contributed by atoms with Gasteiger partial charge in [0.1, 0.15) is 12.1 Å². The average Bonchev–Trinajstić information content (AvgIpc) is 3.18. The van der Waals surface area contributed by atoms with Crippen molar-refractivity contribution in [2.45, 2.75) is 39.3 Å². The van der Waals surface area contributed by atoms with Crippen molar-refractivity contribution in [2.75, 3.05) is 7.05 Å². The molecule has 0 unspecified atom stereocenters. The quantitative estimate of drug-likeness (QED) is 0.646. The van der Waals surface area contributed by atoms with E-state index in [9.17, 15) is 19.5 Å². The van der Waals surface area contributed by atoms with Crippen molar-refractivity contribution in [3.8, 4) is 17.2 Å². The van der Waals surface area contributed by atoms with Crippen molar-refractivity contribution in [3.63, 3.8) is 0 Å². The number of aliphatic carboxylic acids is 1. The lowest BCUT2D eigenvalue weighted by molar-refractivity contribution is -0.141. The van der Waals surface area contributed by atoms with E-state index in [1.807, 2.05) is 20.8 Å². The molecule has 0 saturated heterocycles. The maximum Gasteiger partial charge on any atom is 0.306 e. The molecule has 158 valence electrons. The first-order valence-electron chi connectivity index (χ1n) is 9.48. The van der Waals surface area contributed by atoms with Crippen molar-refractivity contribution in [1.82, 2.24) is 15.2 Å². The predicted octanol–water partition coefficient (Wildman–Crippen LogP) is 2.32. The number of rotatable bonds is 7. The van der Waals surface area contributed by atoms with Gasteiger partial charge in [-0.05, 0) is 34.7 Å². The van der Waals surface area contributed by atoms with Crippen LogP contribution in [0.15, 0.2) is 42.7 Å². The second-order valence-electron chi connectivity index (χ2n) is 8.07. The van der Waals surface area contributed by atoms with Gasteiger partial charge in [-0.25, -0.2) is 0 Å². The Labute approximate surface area is 175 Å². The van der Waals surface area contributed by atoms with Crippen LogP contribution >= 0.6 is 0 Å². The largest absolute Gasteiger partial charge is 0.481 e. The first-order chi connectivity index (χ1) is 14.1. The van der Waals surface area contributed by atoms with Crippen molar-refractivity contribution >= 4 is 17.8 Å². The van der Waals surface area contributed by atoms with E-state index in [1.54, 1.807) is 42.7 Å². The number of nitriles is 1. The van der Waals surface area contributed by atoms with Crippen LogP contribution in [0.4, 0.5) is 0 Å². The molecule has 2 amide bonds. The maximum atomic E-state index is 13.0. The number of carbonyl (C=O) groups excluding carboxylic acids is 2. The molecule has 0 radical (unpaired) electrons. The third kappa shape index (κ3) is 5.47. The topological polar surface area (TPSA) is 124 Å². The van der Waals surface area contributed by atoms with E-state index in [0.29, 0.717) is 5.56 Å². The number of likely N-dealkylation sites (N-methyl/N-ethyl adjacent to an activating group) is 1. The van der Waals surface area contributed by atoms with E-state index in [0.717, 1.165) is 11.1 Å². The molecule has 0 saturated carbocycles. The van der Waals surface area contributed by atoms with E-state index >= 15 is 0 Å². The highest BCUT2D eigenvalue weighted by atomic mass is 16.4. The van der Waals surface area contributed by atoms with Gasteiger partial charge >= 0.3 is 5.97 Å². The standard InChI is InChI=1S/C22H26N4O4/c1-22(2,3)19(21(30)24-4)25-20(29)17(11-18(27)28)26-10-9-16(13-26)15-7-5-14(12-23)6-8-15/h5-10,13,17,19H,11H2,1-4H3,(H,24,30)(H,25,29)(H,27,28)/t17-,19-/m1/s1. The summed E-state index contributed by atoms with van der Waals surface area (Å²) in [7, 11) is 1.48. The van der Waals surface area contributed by atoms with Crippen LogP contribution in [-0.4, -0.2) is 40.5 Å². The van der Waals surface area contributed by atoms with Crippen LogP contribution in [0.2, 0.25) is 0 Å². The number of nitrogens with zero attached hydrogens (tertiary/aromatic N) is 2. The fraction of sp³-hybridized carbons (Fsp3) is 0.364. The Bertz CT molecular complexity index is 964. The molecule has 0 aliphatic heterocycles. The summed E-state index contributed by atoms with van der Waals surface area (Å²) in [5, 5.41) is 23.5. The summed E-state index contributed by atoms with van der Waals surface area (Å²) in [5.41, 5.74) is 1.58. The van der Waals surface area contributed by atoms with E-state index in [4.69, 9.17) is 5.26 Å². The zero-order chi connectivity index (χ0) is 22.5. The minimum absolute atomic E-state index is 0.351. The number of hydrogen-bond donors (Lipinski definition) is 3. The van der Waals surface area contributed by atoms with E-state index < -0.39 is 35.8 Å². The van der Waals surface area contributed by atoms with Crippen LogP contribution in [0.5, 0.6) is 0 Å². The zero-order valence-electron chi connectivity index (χ0n) is 17.5. The van der Waals surface area contributed by atoms with Crippen LogP contribution < -0.4 is 10.6 Å². The molecule has 2 aromatic rings.